The van der Waals surface area contributed by atoms with E-state index >= 15 is 0 Å². The number of hydrogen-bond donors (Lipinski definition) is 2. The van der Waals surface area contributed by atoms with Crippen LogP contribution in [-0.4, -0.2) is 84.1 Å². The number of aliphatic hydroxyl groups is 1. The number of nitrogens with zero attached hydrogens (tertiary/aromatic N) is 2. The lowest BCUT2D eigenvalue weighted by Gasteiger charge is -2.28. The summed E-state index contributed by atoms with van der Waals surface area (Å²) in [7, 11) is 1.27. The molecular formula is C24H29N3O6S. The smallest absolute Gasteiger partial charge is 0.354 e. The van der Waals surface area contributed by atoms with E-state index < -0.39 is 23.7 Å². The summed E-state index contributed by atoms with van der Waals surface area (Å²) in [6.45, 7) is 7.65. The summed E-state index contributed by atoms with van der Waals surface area (Å²) in [5.41, 5.74) is 1.56. The van der Waals surface area contributed by atoms with Gasteiger partial charge in [-0.05, 0) is 37.3 Å². The molecule has 0 aromatic carbocycles. The van der Waals surface area contributed by atoms with Gasteiger partial charge in [-0.3, -0.25) is 14.5 Å². The molecule has 2 aromatic heterocycles. The number of thiophene rings is 1. The number of morpholine rings is 1. The highest BCUT2D eigenvalue weighted by molar-refractivity contribution is 7.10. The highest BCUT2D eigenvalue weighted by Crippen LogP contribution is 2.42. The SMILES string of the molecule is COC(=O)c1[nH]c(C)c(/C(O)=C2\C(=O)C(=O)N(CCCN3CCOCC3)[C@@H]2c2cccs2)c1C. The number of rotatable bonds is 7. The van der Waals surface area contributed by atoms with Crippen molar-refractivity contribution in [1.29, 1.82) is 0 Å². The third-order valence-electron chi connectivity index (χ3n) is 6.39. The maximum atomic E-state index is 13.2. The molecule has 2 aliphatic heterocycles. The number of methoxy groups -OCH3 is 1. The minimum absolute atomic E-state index is 0.0421. The van der Waals surface area contributed by atoms with Gasteiger partial charge in [0.05, 0.1) is 31.9 Å². The van der Waals surface area contributed by atoms with E-state index in [1.54, 1.807) is 18.7 Å². The molecule has 1 amide bonds. The van der Waals surface area contributed by atoms with E-state index in [1.165, 1.54) is 18.4 Å². The van der Waals surface area contributed by atoms with E-state index in [1.807, 2.05) is 17.5 Å². The van der Waals surface area contributed by atoms with E-state index in [-0.39, 0.29) is 17.0 Å². The molecule has 10 heteroatoms. The molecule has 0 radical (unpaired) electrons. The van der Waals surface area contributed by atoms with Crippen LogP contribution in [-0.2, 0) is 19.1 Å². The predicted molar refractivity (Wildman–Crippen MR) is 127 cm³/mol. The highest BCUT2D eigenvalue weighted by atomic mass is 32.1. The zero-order chi connectivity index (χ0) is 24.4. The Morgan fingerprint density at radius 2 is 2.00 bits per heavy atom. The quantitative estimate of drug-likeness (QED) is 0.267. The molecule has 2 N–H and O–H groups in total. The number of ether oxygens (including phenoxy) is 2. The van der Waals surface area contributed by atoms with E-state index in [9.17, 15) is 19.5 Å². The summed E-state index contributed by atoms with van der Waals surface area (Å²) in [6.07, 6.45) is 0.698. The number of aromatic amines is 1. The van der Waals surface area contributed by atoms with Gasteiger partial charge in [0.25, 0.3) is 11.7 Å². The summed E-state index contributed by atoms with van der Waals surface area (Å²) < 4.78 is 10.2. The van der Waals surface area contributed by atoms with Crippen molar-refractivity contribution in [2.45, 2.75) is 26.3 Å². The number of Topliss-reactive ketones (excluding diaryl/α,β-unsaturated/α-hetero) is 1. The van der Waals surface area contributed by atoms with Crippen LogP contribution in [0.15, 0.2) is 23.1 Å². The number of ketones is 1. The van der Waals surface area contributed by atoms with Crippen molar-refractivity contribution in [2.75, 3.05) is 46.5 Å². The van der Waals surface area contributed by atoms with Gasteiger partial charge in [-0.1, -0.05) is 6.07 Å². The lowest BCUT2D eigenvalue weighted by molar-refractivity contribution is -0.140. The second kappa shape index (κ2) is 10.1. The number of nitrogens with one attached hydrogen (secondary N) is 1. The maximum Gasteiger partial charge on any atom is 0.354 e. The van der Waals surface area contributed by atoms with Gasteiger partial charge in [-0.15, -0.1) is 11.3 Å². The standard InChI is InChI=1S/C24H29N3O6S/c1-14-17(15(2)25-19(14)24(31)32-3)21(28)18-20(16-6-4-13-34-16)27(23(30)22(18)29)8-5-7-26-9-11-33-12-10-26/h4,6,13,20,25,28H,5,7-12H2,1-3H3/b21-18+/t20-/m1/s1. The third kappa shape index (κ3) is 4.40. The molecule has 0 bridgehead atoms. The molecule has 0 unspecified atom stereocenters. The van der Waals surface area contributed by atoms with E-state index in [4.69, 9.17) is 9.47 Å². The minimum atomic E-state index is -0.720. The average Bonchev–Trinajstić information content (AvgIpc) is 3.53. The van der Waals surface area contributed by atoms with Crippen molar-refractivity contribution in [3.05, 3.63) is 50.5 Å². The zero-order valence-electron chi connectivity index (χ0n) is 19.6. The fourth-order valence-corrected chi connectivity index (χ4v) is 5.53. The van der Waals surface area contributed by atoms with Gasteiger partial charge in [0.15, 0.2) is 0 Å². The van der Waals surface area contributed by atoms with Crippen LogP contribution in [0.4, 0.5) is 0 Å². The van der Waals surface area contributed by atoms with Gasteiger partial charge in [0.1, 0.15) is 11.5 Å². The predicted octanol–water partition coefficient (Wildman–Crippen LogP) is 2.62. The molecule has 2 saturated heterocycles. The Hall–Kier alpha value is -2.95. The Balaban J connectivity index is 1.69. The number of aromatic nitrogens is 1. The lowest BCUT2D eigenvalue weighted by Crippen LogP contribution is -2.38. The first-order valence-corrected chi connectivity index (χ1v) is 12.1. The molecule has 1 atom stereocenters. The molecule has 34 heavy (non-hydrogen) atoms. The monoisotopic (exact) mass is 487 g/mol. The third-order valence-corrected chi connectivity index (χ3v) is 7.32. The molecule has 4 rings (SSSR count). The molecule has 2 aromatic rings. The van der Waals surface area contributed by atoms with Crippen LogP contribution in [0.25, 0.3) is 5.76 Å². The van der Waals surface area contributed by atoms with Crippen LogP contribution in [0.3, 0.4) is 0 Å². The number of carbonyl (C=O) groups excluding carboxylic acids is 3. The van der Waals surface area contributed by atoms with Gasteiger partial charge < -0.3 is 24.5 Å². The zero-order valence-corrected chi connectivity index (χ0v) is 20.4. The van der Waals surface area contributed by atoms with Crippen molar-refractivity contribution in [1.82, 2.24) is 14.8 Å². The number of esters is 1. The lowest BCUT2D eigenvalue weighted by atomic mass is 9.97. The van der Waals surface area contributed by atoms with Crippen LogP contribution < -0.4 is 0 Å². The Morgan fingerprint density at radius 1 is 1.26 bits per heavy atom. The molecule has 9 nitrogen and oxygen atoms in total. The van der Waals surface area contributed by atoms with Crippen LogP contribution in [0, 0.1) is 13.8 Å². The number of aryl methyl sites for hydroxylation is 1. The van der Waals surface area contributed by atoms with Crippen molar-refractivity contribution in [3.8, 4) is 0 Å². The van der Waals surface area contributed by atoms with Crippen molar-refractivity contribution in [3.63, 3.8) is 0 Å². The second-order valence-corrected chi connectivity index (χ2v) is 9.41. The number of carbonyl (C=O) groups is 3. The van der Waals surface area contributed by atoms with Crippen LogP contribution in [0.1, 0.15) is 44.6 Å². The van der Waals surface area contributed by atoms with Crippen molar-refractivity contribution in [2.24, 2.45) is 0 Å². The van der Waals surface area contributed by atoms with Gasteiger partial charge in [-0.25, -0.2) is 4.79 Å². The van der Waals surface area contributed by atoms with E-state index in [0.29, 0.717) is 43.0 Å². The average molecular weight is 488 g/mol. The first kappa shape index (κ1) is 24.2. The molecule has 2 fully saturated rings. The summed E-state index contributed by atoms with van der Waals surface area (Å²) in [5, 5.41) is 13.2. The molecule has 0 aliphatic carbocycles. The first-order valence-electron chi connectivity index (χ1n) is 11.2. The van der Waals surface area contributed by atoms with Gasteiger partial charge >= 0.3 is 5.97 Å². The largest absolute Gasteiger partial charge is 0.507 e. The fourth-order valence-electron chi connectivity index (χ4n) is 4.69. The van der Waals surface area contributed by atoms with Gasteiger partial charge in [-0.2, -0.15) is 0 Å². The summed E-state index contributed by atoms with van der Waals surface area (Å²) in [5.74, 6) is -2.20. The van der Waals surface area contributed by atoms with Gasteiger partial charge in [0.2, 0.25) is 0 Å². The number of hydrogen-bond acceptors (Lipinski definition) is 8. The fraction of sp³-hybridized carbons (Fsp3) is 0.458. The highest BCUT2D eigenvalue weighted by Gasteiger charge is 2.46. The molecule has 2 aliphatic rings. The van der Waals surface area contributed by atoms with Crippen molar-refractivity contribution >= 4 is 34.8 Å². The summed E-state index contributed by atoms with van der Waals surface area (Å²) in [6, 6.07) is 3.04. The Kier molecular flexibility index (Phi) is 7.20. The molecular weight excluding hydrogens is 458 g/mol. The number of aliphatic hydroxyl groups excluding tert-OH is 1. The van der Waals surface area contributed by atoms with Crippen LogP contribution in [0.5, 0.6) is 0 Å². The molecule has 182 valence electrons. The second-order valence-electron chi connectivity index (χ2n) is 8.43. The molecule has 0 spiro atoms. The van der Waals surface area contributed by atoms with Crippen molar-refractivity contribution < 1.29 is 29.0 Å². The van der Waals surface area contributed by atoms with E-state index in [2.05, 4.69) is 9.88 Å². The topological polar surface area (TPSA) is 112 Å². The number of likely N-dealkylation sites (tertiary alicyclic amines) is 1. The number of H-pyrrole nitrogens is 1. The van der Waals surface area contributed by atoms with Crippen LogP contribution in [0.2, 0.25) is 0 Å². The van der Waals surface area contributed by atoms with E-state index in [0.717, 1.165) is 24.5 Å². The maximum absolute atomic E-state index is 13.2. The number of amides is 1. The molecule has 4 heterocycles. The van der Waals surface area contributed by atoms with Crippen LogP contribution >= 0.6 is 11.3 Å². The first-order chi connectivity index (χ1) is 16.3. The summed E-state index contributed by atoms with van der Waals surface area (Å²) in [4.78, 5) is 46.0. The minimum Gasteiger partial charge on any atom is -0.507 e. The molecule has 0 saturated carbocycles. The normalized spacial score (nSPS) is 20.8. The summed E-state index contributed by atoms with van der Waals surface area (Å²) >= 11 is 1.43. The van der Waals surface area contributed by atoms with Gasteiger partial charge in [0, 0.05) is 42.3 Å². The Morgan fingerprint density at radius 3 is 2.65 bits per heavy atom. The Bertz CT molecular complexity index is 1110. The Labute approximate surface area is 202 Å².